The van der Waals surface area contributed by atoms with Crippen molar-refractivity contribution in [1.82, 2.24) is 15.1 Å². The molecule has 0 saturated heterocycles. The lowest BCUT2D eigenvalue weighted by molar-refractivity contribution is 0.377. The number of aryl methyl sites for hydroxylation is 1. The molecule has 1 aromatic heterocycles. The van der Waals surface area contributed by atoms with Crippen molar-refractivity contribution in [2.24, 2.45) is 13.0 Å². The van der Waals surface area contributed by atoms with Crippen LogP contribution in [0.3, 0.4) is 0 Å². The van der Waals surface area contributed by atoms with Crippen LogP contribution in [0.4, 0.5) is 0 Å². The van der Waals surface area contributed by atoms with Crippen LogP contribution in [0.2, 0.25) is 0 Å². The van der Waals surface area contributed by atoms with Crippen molar-refractivity contribution in [3.63, 3.8) is 0 Å². The molecule has 0 saturated carbocycles. The number of nitrogens with zero attached hydrogens (tertiary/aromatic N) is 2. The van der Waals surface area contributed by atoms with Gasteiger partial charge in [0.15, 0.2) is 0 Å². The Morgan fingerprint density at radius 1 is 1.57 bits per heavy atom. The van der Waals surface area contributed by atoms with Gasteiger partial charge in [-0.1, -0.05) is 13.3 Å². The lowest BCUT2D eigenvalue weighted by Gasteiger charge is -2.21. The van der Waals surface area contributed by atoms with E-state index in [1.54, 1.807) is 0 Å². The molecule has 2 atom stereocenters. The van der Waals surface area contributed by atoms with Gasteiger partial charge in [-0.2, -0.15) is 5.10 Å². The molecule has 0 aliphatic heterocycles. The number of aromatic nitrogens is 2. The molecule has 14 heavy (non-hydrogen) atoms. The molecule has 0 radical (unpaired) electrons. The first kappa shape index (κ1) is 11.2. The van der Waals surface area contributed by atoms with Gasteiger partial charge in [0.25, 0.3) is 0 Å². The molecule has 1 heterocycles. The molecule has 1 aromatic rings. The van der Waals surface area contributed by atoms with Crippen LogP contribution in [0.25, 0.3) is 0 Å². The normalized spacial score (nSPS) is 15.4. The lowest BCUT2D eigenvalue weighted by atomic mass is 9.93. The average molecular weight is 195 g/mol. The number of hydrogen-bond donors (Lipinski definition) is 1. The Morgan fingerprint density at radius 2 is 2.29 bits per heavy atom. The summed E-state index contributed by atoms with van der Waals surface area (Å²) in [6.45, 7) is 4.47. The van der Waals surface area contributed by atoms with Gasteiger partial charge in [0.1, 0.15) is 0 Å². The first-order valence-corrected chi connectivity index (χ1v) is 5.33. The van der Waals surface area contributed by atoms with Crippen LogP contribution in [0.15, 0.2) is 12.3 Å². The molecule has 1 rings (SSSR count). The maximum Gasteiger partial charge on any atom is 0.0627 e. The van der Waals surface area contributed by atoms with E-state index < -0.39 is 0 Å². The molecule has 0 aliphatic carbocycles. The molecule has 80 valence electrons. The van der Waals surface area contributed by atoms with Crippen molar-refractivity contribution < 1.29 is 0 Å². The summed E-state index contributed by atoms with van der Waals surface area (Å²) >= 11 is 0. The Labute approximate surface area is 86.5 Å². The molecule has 0 spiro atoms. The summed E-state index contributed by atoms with van der Waals surface area (Å²) in [5, 5.41) is 7.71. The van der Waals surface area contributed by atoms with Crippen molar-refractivity contribution in [2.45, 2.75) is 32.7 Å². The van der Waals surface area contributed by atoms with Crippen molar-refractivity contribution in [3.8, 4) is 0 Å². The minimum Gasteiger partial charge on any atom is -0.317 e. The summed E-state index contributed by atoms with van der Waals surface area (Å²) in [6, 6.07) is 2.66. The summed E-state index contributed by atoms with van der Waals surface area (Å²) < 4.78 is 1.87. The van der Waals surface area contributed by atoms with E-state index in [4.69, 9.17) is 0 Å². The Morgan fingerprint density at radius 3 is 2.71 bits per heavy atom. The highest BCUT2D eigenvalue weighted by Gasteiger charge is 2.15. The molecule has 0 aromatic carbocycles. The molecular weight excluding hydrogens is 174 g/mol. The minimum atomic E-state index is 0.557. The lowest BCUT2D eigenvalue weighted by Crippen LogP contribution is -2.31. The Kier molecular flexibility index (Phi) is 4.14. The van der Waals surface area contributed by atoms with Gasteiger partial charge in [-0.25, -0.2) is 0 Å². The molecule has 0 bridgehead atoms. The summed E-state index contributed by atoms with van der Waals surface area (Å²) in [4.78, 5) is 0. The van der Waals surface area contributed by atoms with E-state index in [0.717, 1.165) is 6.42 Å². The van der Waals surface area contributed by atoms with E-state index in [-0.39, 0.29) is 0 Å². The van der Waals surface area contributed by atoms with Crippen LogP contribution >= 0.6 is 0 Å². The Hall–Kier alpha value is -0.830. The monoisotopic (exact) mass is 195 g/mol. The van der Waals surface area contributed by atoms with Crippen LogP contribution in [0, 0.1) is 5.92 Å². The maximum absolute atomic E-state index is 4.40. The molecular formula is C11H21N3. The highest BCUT2D eigenvalue weighted by molar-refractivity contribution is 5.00. The fraction of sp³-hybridized carbons (Fsp3) is 0.727. The Balaban J connectivity index is 2.56. The van der Waals surface area contributed by atoms with Crippen molar-refractivity contribution in [1.29, 1.82) is 0 Å². The second-order valence-corrected chi connectivity index (χ2v) is 3.93. The van der Waals surface area contributed by atoms with E-state index in [2.05, 4.69) is 30.3 Å². The summed E-state index contributed by atoms with van der Waals surface area (Å²) in [5.74, 6) is 0.676. The second kappa shape index (κ2) is 5.15. The quantitative estimate of drug-likeness (QED) is 0.773. The molecule has 0 aliphatic rings. The standard InChI is InChI=1S/C11H21N3/c1-5-10(9(2)12-3)8-11-6-7-14(4)13-11/h6-7,9-10,12H,5,8H2,1-4H3. The third-order valence-corrected chi connectivity index (χ3v) is 2.93. The zero-order valence-electron chi connectivity index (χ0n) is 9.62. The van der Waals surface area contributed by atoms with Crippen molar-refractivity contribution in [3.05, 3.63) is 18.0 Å². The maximum atomic E-state index is 4.40. The number of nitrogens with one attached hydrogen (secondary N) is 1. The minimum absolute atomic E-state index is 0.557. The highest BCUT2D eigenvalue weighted by Crippen LogP contribution is 2.14. The summed E-state index contributed by atoms with van der Waals surface area (Å²) in [7, 11) is 3.98. The second-order valence-electron chi connectivity index (χ2n) is 3.93. The number of rotatable bonds is 5. The predicted octanol–water partition coefficient (Wildman–Crippen LogP) is 1.60. The molecule has 0 fully saturated rings. The number of hydrogen-bond acceptors (Lipinski definition) is 2. The van der Waals surface area contributed by atoms with E-state index >= 15 is 0 Å². The van der Waals surface area contributed by atoms with E-state index in [0.29, 0.717) is 12.0 Å². The first-order chi connectivity index (χ1) is 6.67. The van der Waals surface area contributed by atoms with Gasteiger partial charge in [0.2, 0.25) is 0 Å². The van der Waals surface area contributed by atoms with Gasteiger partial charge in [0.05, 0.1) is 5.69 Å². The zero-order valence-corrected chi connectivity index (χ0v) is 9.62. The van der Waals surface area contributed by atoms with E-state index in [1.165, 1.54) is 12.1 Å². The SMILES string of the molecule is CCC(Cc1ccn(C)n1)C(C)NC. The fourth-order valence-corrected chi connectivity index (χ4v) is 1.75. The summed E-state index contributed by atoms with van der Waals surface area (Å²) in [6.07, 6.45) is 4.27. The third kappa shape index (κ3) is 2.84. The molecule has 1 N–H and O–H groups in total. The van der Waals surface area contributed by atoms with Crippen LogP contribution in [-0.4, -0.2) is 22.9 Å². The smallest absolute Gasteiger partial charge is 0.0627 e. The van der Waals surface area contributed by atoms with Crippen LogP contribution < -0.4 is 5.32 Å². The zero-order chi connectivity index (χ0) is 10.6. The van der Waals surface area contributed by atoms with Crippen LogP contribution in [-0.2, 0) is 13.5 Å². The average Bonchev–Trinajstić information content (AvgIpc) is 2.59. The third-order valence-electron chi connectivity index (χ3n) is 2.93. The van der Waals surface area contributed by atoms with Crippen molar-refractivity contribution >= 4 is 0 Å². The van der Waals surface area contributed by atoms with E-state index in [9.17, 15) is 0 Å². The molecule has 2 unspecified atom stereocenters. The molecule has 0 amide bonds. The van der Waals surface area contributed by atoms with Crippen LogP contribution in [0.5, 0.6) is 0 Å². The molecule has 3 nitrogen and oxygen atoms in total. The van der Waals surface area contributed by atoms with Gasteiger partial charge in [-0.05, 0) is 32.4 Å². The highest BCUT2D eigenvalue weighted by atomic mass is 15.2. The van der Waals surface area contributed by atoms with Gasteiger partial charge in [-0.15, -0.1) is 0 Å². The van der Waals surface area contributed by atoms with Gasteiger partial charge in [-0.3, -0.25) is 4.68 Å². The topological polar surface area (TPSA) is 29.9 Å². The Bertz CT molecular complexity index is 267. The summed E-state index contributed by atoms with van der Waals surface area (Å²) in [5.41, 5.74) is 1.20. The van der Waals surface area contributed by atoms with Gasteiger partial charge < -0.3 is 5.32 Å². The van der Waals surface area contributed by atoms with Gasteiger partial charge >= 0.3 is 0 Å². The predicted molar refractivity (Wildman–Crippen MR) is 59.2 cm³/mol. The van der Waals surface area contributed by atoms with Gasteiger partial charge in [0, 0.05) is 19.3 Å². The van der Waals surface area contributed by atoms with Crippen LogP contribution in [0.1, 0.15) is 26.0 Å². The van der Waals surface area contributed by atoms with E-state index in [1.807, 2.05) is 25.0 Å². The fourth-order valence-electron chi connectivity index (χ4n) is 1.75. The molecule has 3 heteroatoms. The first-order valence-electron chi connectivity index (χ1n) is 5.33. The largest absolute Gasteiger partial charge is 0.317 e. The van der Waals surface area contributed by atoms with Crippen molar-refractivity contribution in [2.75, 3.05) is 7.05 Å².